The Bertz CT molecular complexity index is 327. The number of Topliss-reactive ketones (excluding diaryl/α,β-unsaturated/α-hetero) is 1. The van der Waals surface area contributed by atoms with Crippen molar-refractivity contribution >= 4 is 44.3 Å². The van der Waals surface area contributed by atoms with Crippen LogP contribution in [0.25, 0.3) is 0 Å². The zero-order chi connectivity index (χ0) is 9.84. The van der Waals surface area contributed by atoms with Gasteiger partial charge >= 0.3 is 0 Å². The zero-order valence-corrected chi connectivity index (χ0v) is 10.4. The third kappa shape index (κ3) is 3.34. The summed E-state index contributed by atoms with van der Waals surface area (Å²) in [6, 6.07) is 4.45. The van der Waals surface area contributed by atoms with Crippen LogP contribution in [0, 0.1) is 9.39 Å². The first-order valence-corrected chi connectivity index (χ1v) is 5.85. The lowest BCUT2D eigenvalue weighted by Gasteiger charge is -2.01. The number of carbonyl (C=O) groups is 1. The number of carbonyl (C=O) groups excluding carboxylic acids is 1. The molecule has 0 heterocycles. The molecule has 0 aliphatic rings. The van der Waals surface area contributed by atoms with E-state index in [1.54, 1.807) is 6.07 Å². The summed E-state index contributed by atoms with van der Waals surface area (Å²) in [5.41, 5.74) is 0.881. The molecule has 0 bridgehead atoms. The molecule has 1 aromatic carbocycles. The second-order valence-corrected chi connectivity index (χ2v) is 4.31. The summed E-state index contributed by atoms with van der Waals surface area (Å²) in [7, 11) is 0. The second-order valence-electron chi connectivity index (χ2n) is 2.58. The van der Waals surface area contributed by atoms with Crippen LogP contribution in [-0.4, -0.2) is 11.1 Å². The molecule has 0 fully saturated rings. The summed E-state index contributed by atoms with van der Waals surface area (Å²) in [6.45, 7) is 0. The van der Waals surface area contributed by atoms with Crippen LogP contribution in [0.3, 0.4) is 0 Å². The molecule has 0 aliphatic carbocycles. The second kappa shape index (κ2) is 5.05. The maximum absolute atomic E-state index is 12.7. The van der Waals surface area contributed by atoms with Crippen molar-refractivity contribution in [3.8, 4) is 0 Å². The monoisotopic (exact) mass is 356 g/mol. The summed E-state index contributed by atoms with van der Waals surface area (Å²) in [6.07, 6.45) is 0.365. The van der Waals surface area contributed by atoms with Gasteiger partial charge in [-0.2, -0.15) is 0 Å². The molecule has 0 amide bonds. The first-order chi connectivity index (χ1) is 6.13. The lowest BCUT2D eigenvalue weighted by Crippen LogP contribution is -2.04. The minimum absolute atomic E-state index is 0.101. The van der Waals surface area contributed by atoms with Crippen molar-refractivity contribution in [3.05, 3.63) is 33.1 Å². The van der Waals surface area contributed by atoms with Gasteiger partial charge in [0.2, 0.25) is 0 Å². The molecular weight excluding hydrogens is 350 g/mol. The molecule has 0 aromatic heterocycles. The van der Waals surface area contributed by atoms with Crippen molar-refractivity contribution in [2.75, 3.05) is 5.33 Å². The average molecular weight is 357 g/mol. The molecule has 0 unspecified atom stereocenters. The molecule has 0 N–H and O–H groups in total. The Kier molecular flexibility index (Phi) is 4.31. The van der Waals surface area contributed by atoms with Gasteiger partial charge in [-0.15, -0.1) is 0 Å². The number of rotatable bonds is 3. The molecule has 1 rings (SSSR count). The molecule has 1 nitrogen and oxygen atoms in total. The SMILES string of the molecule is O=C(CBr)Cc1ccc(F)cc1I. The highest BCUT2D eigenvalue weighted by Crippen LogP contribution is 2.14. The lowest BCUT2D eigenvalue weighted by molar-refractivity contribution is -0.115. The number of alkyl halides is 1. The van der Waals surface area contributed by atoms with Gasteiger partial charge in [0.1, 0.15) is 11.6 Å². The predicted octanol–water partition coefficient (Wildman–Crippen LogP) is 2.94. The van der Waals surface area contributed by atoms with Crippen LogP contribution < -0.4 is 0 Å². The van der Waals surface area contributed by atoms with E-state index in [9.17, 15) is 9.18 Å². The summed E-state index contributed by atoms with van der Waals surface area (Å²) >= 11 is 5.11. The minimum Gasteiger partial charge on any atom is -0.298 e. The van der Waals surface area contributed by atoms with E-state index < -0.39 is 0 Å². The first-order valence-electron chi connectivity index (χ1n) is 3.65. The maximum atomic E-state index is 12.7. The average Bonchev–Trinajstić information content (AvgIpc) is 2.09. The van der Waals surface area contributed by atoms with E-state index in [2.05, 4.69) is 15.9 Å². The van der Waals surface area contributed by atoms with Crippen LogP contribution in [0.1, 0.15) is 5.56 Å². The number of benzene rings is 1. The van der Waals surface area contributed by atoms with Crippen LogP contribution in [0.15, 0.2) is 18.2 Å². The normalized spacial score (nSPS) is 10.1. The van der Waals surface area contributed by atoms with Crippen LogP contribution in [0.4, 0.5) is 4.39 Å². The van der Waals surface area contributed by atoms with E-state index in [1.807, 2.05) is 22.6 Å². The Morgan fingerprint density at radius 3 is 2.77 bits per heavy atom. The standard InChI is InChI=1S/C9H7BrFIO/c10-5-8(13)3-6-1-2-7(11)4-9(6)12/h1-2,4H,3,5H2. The smallest absolute Gasteiger partial charge is 0.147 e. The fourth-order valence-electron chi connectivity index (χ4n) is 0.925. The number of halogens is 3. The van der Waals surface area contributed by atoms with Gasteiger partial charge in [0.25, 0.3) is 0 Å². The maximum Gasteiger partial charge on any atom is 0.147 e. The van der Waals surface area contributed by atoms with Gasteiger partial charge < -0.3 is 0 Å². The predicted molar refractivity (Wildman–Crippen MR) is 61.6 cm³/mol. The fourth-order valence-corrected chi connectivity index (χ4v) is 1.79. The number of ketones is 1. The third-order valence-electron chi connectivity index (χ3n) is 1.55. The van der Waals surface area contributed by atoms with E-state index >= 15 is 0 Å². The summed E-state index contributed by atoms with van der Waals surface area (Å²) in [4.78, 5) is 11.1. The fraction of sp³-hybridized carbons (Fsp3) is 0.222. The van der Waals surface area contributed by atoms with Crippen LogP contribution in [0.2, 0.25) is 0 Å². The molecule has 0 aliphatic heterocycles. The minimum atomic E-state index is -0.264. The Labute approximate surface area is 98.0 Å². The quantitative estimate of drug-likeness (QED) is 0.601. The molecule has 0 radical (unpaired) electrons. The summed E-state index contributed by atoms with van der Waals surface area (Å²) < 4.78 is 13.5. The van der Waals surface area contributed by atoms with E-state index in [0.29, 0.717) is 11.8 Å². The zero-order valence-electron chi connectivity index (χ0n) is 6.69. The van der Waals surface area contributed by atoms with Gasteiger partial charge in [0, 0.05) is 9.99 Å². The topological polar surface area (TPSA) is 17.1 Å². The highest BCUT2D eigenvalue weighted by molar-refractivity contribution is 14.1. The molecule has 4 heteroatoms. The Morgan fingerprint density at radius 2 is 2.23 bits per heavy atom. The van der Waals surface area contributed by atoms with Crippen molar-refractivity contribution in [2.24, 2.45) is 0 Å². The van der Waals surface area contributed by atoms with E-state index in [1.165, 1.54) is 12.1 Å². The van der Waals surface area contributed by atoms with Crippen molar-refractivity contribution in [1.82, 2.24) is 0 Å². The van der Waals surface area contributed by atoms with E-state index in [0.717, 1.165) is 9.13 Å². The van der Waals surface area contributed by atoms with E-state index in [4.69, 9.17) is 0 Å². The Balaban J connectivity index is 2.83. The van der Waals surface area contributed by atoms with Gasteiger partial charge in [-0.05, 0) is 40.3 Å². The van der Waals surface area contributed by atoms with Crippen LogP contribution >= 0.6 is 38.5 Å². The van der Waals surface area contributed by atoms with Gasteiger partial charge in [0.05, 0.1) is 5.33 Å². The van der Waals surface area contributed by atoms with Crippen molar-refractivity contribution in [2.45, 2.75) is 6.42 Å². The first kappa shape index (κ1) is 11.1. The molecule has 0 spiro atoms. The molecular formula is C9H7BrFIO. The molecule has 0 saturated carbocycles. The molecule has 0 atom stereocenters. The summed E-state index contributed by atoms with van der Waals surface area (Å²) in [5, 5.41) is 0.348. The van der Waals surface area contributed by atoms with Crippen molar-refractivity contribution < 1.29 is 9.18 Å². The third-order valence-corrected chi connectivity index (χ3v) is 3.18. The van der Waals surface area contributed by atoms with Crippen LogP contribution in [-0.2, 0) is 11.2 Å². The summed E-state index contributed by atoms with van der Waals surface area (Å²) in [5.74, 6) is -0.163. The molecule has 0 saturated heterocycles. The van der Waals surface area contributed by atoms with Gasteiger partial charge in [0.15, 0.2) is 0 Å². The highest BCUT2D eigenvalue weighted by Gasteiger charge is 2.05. The van der Waals surface area contributed by atoms with Gasteiger partial charge in [-0.3, -0.25) is 4.79 Å². The lowest BCUT2D eigenvalue weighted by atomic mass is 10.1. The van der Waals surface area contributed by atoms with Crippen LogP contribution in [0.5, 0.6) is 0 Å². The largest absolute Gasteiger partial charge is 0.298 e. The number of hydrogen-bond acceptors (Lipinski definition) is 1. The van der Waals surface area contributed by atoms with E-state index in [-0.39, 0.29) is 11.6 Å². The Hall–Kier alpha value is 0.0300. The molecule has 13 heavy (non-hydrogen) atoms. The van der Waals surface area contributed by atoms with Crippen molar-refractivity contribution in [3.63, 3.8) is 0 Å². The molecule has 1 aromatic rings. The van der Waals surface area contributed by atoms with Gasteiger partial charge in [-0.25, -0.2) is 4.39 Å². The molecule has 70 valence electrons. The highest BCUT2D eigenvalue weighted by atomic mass is 127. The van der Waals surface area contributed by atoms with Crippen molar-refractivity contribution in [1.29, 1.82) is 0 Å². The Morgan fingerprint density at radius 1 is 1.54 bits per heavy atom. The van der Waals surface area contributed by atoms with Gasteiger partial charge in [-0.1, -0.05) is 22.0 Å². The number of hydrogen-bond donors (Lipinski definition) is 0.